The first-order valence-electron chi connectivity index (χ1n) is 4.73. The van der Waals surface area contributed by atoms with E-state index in [0.717, 1.165) is 18.5 Å². The molecule has 1 aromatic carbocycles. The van der Waals surface area contributed by atoms with E-state index >= 15 is 0 Å². The molecular weight excluding hydrogens is 160 g/mol. The van der Waals surface area contributed by atoms with Crippen LogP contribution in [0.4, 0.5) is 0 Å². The number of hydrogen-bond acceptors (Lipinski definition) is 1. The SMILES string of the molecule is CCCn1cc2cc(C)ccc2n1. The highest BCUT2D eigenvalue weighted by molar-refractivity contribution is 5.78. The van der Waals surface area contributed by atoms with Crippen LogP contribution in [0.25, 0.3) is 10.9 Å². The number of nitrogens with zero attached hydrogens (tertiary/aromatic N) is 2. The highest BCUT2D eigenvalue weighted by Crippen LogP contribution is 2.13. The van der Waals surface area contributed by atoms with E-state index in [1.807, 2.05) is 4.68 Å². The lowest BCUT2D eigenvalue weighted by atomic mass is 10.2. The maximum atomic E-state index is 4.46. The van der Waals surface area contributed by atoms with E-state index in [1.54, 1.807) is 0 Å². The maximum absolute atomic E-state index is 4.46. The van der Waals surface area contributed by atoms with Crippen molar-refractivity contribution in [3.63, 3.8) is 0 Å². The molecule has 0 fully saturated rings. The number of aryl methyl sites for hydroxylation is 2. The molecule has 1 heterocycles. The van der Waals surface area contributed by atoms with E-state index in [-0.39, 0.29) is 0 Å². The van der Waals surface area contributed by atoms with Crippen molar-refractivity contribution < 1.29 is 0 Å². The second kappa shape index (κ2) is 3.21. The lowest BCUT2D eigenvalue weighted by Crippen LogP contribution is -1.95. The van der Waals surface area contributed by atoms with E-state index in [1.165, 1.54) is 10.9 Å². The van der Waals surface area contributed by atoms with Crippen LogP contribution in [-0.2, 0) is 6.54 Å². The fraction of sp³-hybridized carbons (Fsp3) is 0.364. The summed E-state index contributed by atoms with van der Waals surface area (Å²) < 4.78 is 2.02. The smallest absolute Gasteiger partial charge is 0.0923 e. The number of benzene rings is 1. The molecule has 2 aromatic rings. The third-order valence-corrected chi connectivity index (χ3v) is 2.16. The summed E-state index contributed by atoms with van der Waals surface area (Å²) in [4.78, 5) is 0. The molecule has 0 amide bonds. The quantitative estimate of drug-likeness (QED) is 0.684. The van der Waals surface area contributed by atoms with Crippen LogP contribution in [0.5, 0.6) is 0 Å². The second-order valence-corrected chi connectivity index (χ2v) is 3.45. The highest BCUT2D eigenvalue weighted by Gasteiger charge is 1.98. The molecule has 0 N–H and O–H groups in total. The highest BCUT2D eigenvalue weighted by atomic mass is 15.3. The molecule has 0 unspecified atom stereocenters. The molecule has 68 valence electrons. The van der Waals surface area contributed by atoms with Gasteiger partial charge in [0.1, 0.15) is 0 Å². The molecular formula is C11H14N2. The molecule has 0 aliphatic heterocycles. The fourth-order valence-electron chi connectivity index (χ4n) is 1.54. The van der Waals surface area contributed by atoms with E-state index < -0.39 is 0 Å². The van der Waals surface area contributed by atoms with Crippen molar-refractivity contribution in [3.8, 4) is 0 Å². The van der Waals surface area contributed by atoms with E-state index in [4.69, 9.17) is 0 Å². The Balaban J connectivity index is 2.49. The van der Waals surface area contributed by atoms with Crippen LogP contribution >= 0.6 is 0 Å². The Morgan fingerprint density at radius 3 is 3.00 bits per heavy atom. The Kier molecular flexibility index (Phi) is 2.05. The van der Waals surface area contributed by atoms with Crippen LogP contribution < -0.4 is 0 Å². The van der Waals surface area contributed by atoms with Crippen molar-refractivity contribution in [3.05, 3.63) is 30.0 Å². The first-order valence-corrected chi connectivity index (χ1v) is 4.73. The Hall–Kier alpha value is -1.31. The van der Waals surface area contributed by atoms with Gasteiger partial charge in [0.25, 0.3) is 0 Å². The van der Waals surface area contributed by atoms with Crippen molar-refractivity contribution in [2.24, 2.45) is 0 Å². The lowest BCUT2D eigenvalue weighted by molar-refractivity contribution is 0.609. The number of rotatable bonds is 2. The van der Waals surface area contributed by atoms with E-state index in [2.05, 4.69) is 43.3 Å². The monoisotopic (exact) mass is 174 g/mol. The topological polar surface area (TPSA) is 17.8 Å². The molecule has 0 saturated carbocycles. The summed E-state index contributed by atoms with van der Waals surface area (Å²) in [5, 5.41) is 5.70. The van der Waals surface area contributed by atoms with Gasteiger partial charge in [-0.05, 0) is 25.5 Å². The number of aromatic nitrogens is 2. The normalized spacial score (nSPS) is 10.9. The molecule has 0 spiro atoms. The van der Waals surface area contributed by atoms with Gasteiger partial charge < -0.3 is 0 Å². The van der Waals surface area contributed by atoms with Crippen LogP contribution in [0.2, 0.25) is 0 Å². The average Bonchev–Trinajstić information content (AvgIpc) is 2.46. The van der Waals surface area contributed by atoms with Crippen molar-refractivity contribution in [2.45, 2.75) is 26.8 Å². The maximum Gasteiger partial charge on any atom is 0.0923 e. The molecule has 13 heavy (non-hydrogen) atoms. The summed E-state index contributed by atoms with van der Waals surface area (Å²) in [6, 6.07) is 6.36. The first-order chi connectivity index (χ1) is 6.29. The van der Waals surface area contributed by atoms with Crippen LogP contribution in [0.15, 0.2) is 24.4 Å². The summed E-state index contributed by atoms with van der Waals surface area (Å²) >= 11 is 0. The van der Waals surface area contributed by atoms with Crippen molar-refractivity contribution in [1.29, 1.82) is 0 Å². The summed E-state index contributed by atoms with van der Waals surface area (Å²) in [7, 11) is 0. The first kappa shape index (κ1) is 8.30. The Labute approximate surface area is 78.2 Å². The van der Waals surface area contributed by atoms with Gasteiger partial charge in [0, 0.05) is 18.1 Å². The van der Waals surface area contributed by atoms with Crippen molar-refractivity contribution in [1.82, 2.24) is 9.78 Å². The van der Waals surface area contributed by atoms with Gasteiger partial charge in [0.05, 0.1) is 5.52 Å². The van der Waals surface area contributed by atoms with Gasteiger partial charge in [-0.3, -0.25) is 4.68 Å². The molecule has 0 saturated heterocycles. The third kappa shape index (κ3) is 1.57. The summed E-state index contributed by atoms with van der Waals surface area (Å²) in [6.07, 6.45) is 3.25. The molecule has 0 atom stereocenters. The summed E-state index contributed by atoms with van der Waals surface area (Å²) in [5.74, 6) is 0. The van der Waals surface area contributed by atoms with Crippen LogP contribution in [0.3, 0.4) is 0 Å². The van der Waals surface area contributed by atoms with Crippen LogP contribution in [0.1, 0.15) is 18.9 Å². The minimum atomic E-state index is 1.01. The van der Waals surface area contributed by atoms with Crippen molar-refractivity contribution in [2.75, 3.05) is 0 Å². The molecule has 0 bridgehead atoms. The molecule has 2 nitrogen and oxygen atoms in total. The zero-order valence-corrected chi connectivity index (χ0v) is 8.12. The molecule has 2 rings (SSSR count). The summed E-state index contributed by atoms with van der Waals surface area (Å²) in [6.45, 7) is 5.28. The van der Waals surface area contributed by atoms with Gasteiger partial charge in [0.2, 0.25) is 0 Å². The van der Waals surface area contributed by atoms with Gasteiger partial charge >= 0.3 is 0 Å². The Bertz CT molecular complexity index is 415. The fourth-order valence-corrected chi connectivity index (χ4v) is 1.54. The average molecular weight is 174 g/mol. The van der Waals surface area contributed by atoms with Crippen molar-refractivity contribution >= 4 is 10.9 Å². The molecule has 0 aliphatic carbocycles. The van der Waals surface area contributed by atoms with Gasteiger partial charge in [-0.1, -0.05) is 18.6 Å². The van der Waals surface area contributed by atoms with Gasteiger partial charge in [-0.15, -0.1) is 0 Å². The summed E-state index contributed by atoms with van der Waals surface area (Å²) in [5.41, 5.74) is 2.39. The molecule has 0 radical (unpaired) electrons. The second-order valence-electron chi connectivity index (χ2n) is 3.45. The third-order valence-electron chi connectivity index (χ3n) is 2.16. The van der Waals surface area contributed by atoms with E-state index in [0.29, 0.717) is 0 Å². The number of hydrogen-bond donors (Lipinski definition) is 0. The Morgan fingerprint density at radius 2 is 2.23 bits per heavy atom. The lowest BCUT2D eigenvalue weighted by Gasteiger charge is -1.93. The largest absolute Gasteiger partial charge is 0.272 e. The molecule has 1 aromatic heterocycles. The van der Waals surface area contributed by atoms with Crippen LogP contribution in [-0.4, -0.2) is 9.78 Å². The Morgan fingerprint density at radius 1 is 1.38 bits per heavy atom. The predicted molar refractivity (Wildman–Crippen MR) is 54.8 cm³/mol. The zero-order chi connectivity index (χ0) is 9.26. The number of fused-ring (bicyclic) bond motifs is 1. The van der Waals surface area contributed by atoms with Gasteiger partial charge in [-0.25, -0.2) is 0 Å². The van der Waals surface area contributed by atoms with Gasteiger partial charge in [-0.2, -0.15) is 5.10 Å². The standard InChI is InChI=1S/C11H14N2/c1-3-6-13-8-10-7-9(2)4-5-11(10)12-13/h4-5,7-8H,3,6H2,1-2H3. The molecule has 0 aliphatic rings. The minimum Gasteiger partial charge on any atom is -0.272 e. The zero-order valence-electron chi connectivity index (χ0n) is 8.12. The minimum absolute atomic E-state index is 1.01. The van der Waals surface area contributed by atoms with Gasteiger partial charge in [0.15, 0.2) is 0 Å². The van der Waals surface area contributed by atoms with Crippen LogP contribution in [0, 0.1) is 6.92 Å². The molecule has 2 heteroatoms. The van der Waals surface area contributed by atoms with E-state index in [9.17, 15) is 0 Å². The predicted octanol–water partition coefficient (Wildman–Crippen LogP) is 2.75.